The molecule has 0 aliphatic carbocycles. The number of pyridine rings is 1. The van der Waals surface area contributed by atoms with Crippen LogP contribution in [0.2, 0.25) is 0 Å². The number of nitrogens with zero attached hydrogens (tertiary/aromatic N) is 2. The first kappa shape index (κ1) is 13.9. The van der Waals surface area contributed by atoms with Gasteiger partial charge in [-0.15, -0.1) is 0 Å². The van der Waals surface area contributed by atoms with E-state index in [-0.39, 0.29) is 6.10 Å². The monoisotopic (exact) mass is 238 g/mol. The molecule has 1 aromatic rings. The highest BCUT2D eigenvalue weighted by Gasteiger charge is 2.05. The van der Waals surface area contributed by atoms with Gasteiger partial charge in [-0.25, -0.2) is 0 Å². The lowest BCUT2D eigenvalue weighted by Gasteiger charge is -2.20. The first-order valence-corrected chi connectivity index (χ1v) is 5.97. The van der Waals surface area contributed by atoms with E-state index < -0.39 is 6.10 Å². The Morgan fingerprint density at radius 1 is 1.35 bits per heavy atom. The fraction of sp³-hybridized carbons (Fsp3) is 0.615. The van der Waals surface area contributed by atoms with E-state index in [2.05, 4.69) is 9.88 Å². The van der Waals surface area contributed by atoms with Crippen LogP contribution in [-0.4, -0.2) is 36.4 Å². The minimum Gasteiger partial charge on any atom is -0.387 e. The average molecular weight is 238 g/mol. The molecule has 1 aromatic heterocycles. The van der Waals surface area contributed by atoms with Crippen molar-refractivity contribution < 1.29 is 9.84 Å². The van der Waals surface area contributed by atoms with Crippen molar-refractivity contribution in [3.63, 3.8) is 0 Å². The normalized spacial score (nSPS) is 12.8. The number of ether oxygens (including phenoxy) is 1. The molecule has 0 bridgehead atoms. The molecular formula is C13H22N2O2. The van der Waals surface area contributed by atoms with Crippen LogP contribution in [0.15, 0.2) is 18.3 Å². The molecule has 4 heteroatoms. The predicted octanol–water partition coefficient (Wildman–Crippen LogP) is 2.00. The van der Waals surface area contributed by atoms with Crippen LogP contribution >= 0.6 is 0 Å². The topological polar surface area (TPSA) is 45.6 Å². The molecule has 0 aliphatic rings. The van der Waals surface area contributed by atoms with E-state index in [1.165, 1.54) is 0 Å². The van der Waals surface area contributed by atoms with Gasteiger partial charge in [0, 0.05) is 13.6 Å². The Bertz CT molecular complexity index is 323. The van der Waals surface area contributed by atoms with Crippen LogP contribution < -0.4 is 4.90 Å². The van der Waals surface area contributed by atoms with Crippen molar-refractivity contribution in [3.8, 4) is 0 Å². The van der Waals surface area contributed by atoms with E-state index in [0.29, 0.717) is 12.3 Å². The third-order valence-electron chi connectivity index (χ3n) is 2.52. The summed E-state index contributed by atoms with van der Waals surface area (Å²) in [6, 6.07) is 3.81. The summed E-state index contributed by atoms with van der Waals surface area (Å²) in [6.45, 7) is 7.29. The van der Waals surface area contributed by atoms with Gasteiger partial charge in [-0.05, 0) is 32.9 Å². The molecule has 0 amide bonds. The lowest BCUT2D eigenvalue weighted by atomic mass is 10.2. The van der Waals surface area contributed by atoms with Gasteiger partial charge in [0.05, 0.1) is 36.4 Å². The Balaban J connectivity index is 2.48. The maximum Gasteiger partial charge on any atom is 0.0931 e. The van der Waals surface area contributed by atoms with Crippen LogP contribution in [0, 0.1) is 0 Å². The third kappa shape index (κ3) is 4.71. The number of aromatic nitrogens is 1. The maximum absolute atomic E-state index is 9.36. The zero-order chi connectivity index (χ0) is 12.8. The molecule has 1 rings (SSSR count). The highest BCUT2D eigenvalue weighted by atomic mass is 16.5. The molecule has 0 saturated heterocycles. The van der Waals surface area contributed by atoms with Crippen LogP contribution in [0.4, 0.5) is 5.69 Å². The second kappa shape index (κ2) is 6.57. The summed E-state index contributed by atoms with van der Waals surface area (Å²) in [6.07, 6.45) is 1.52. The van der Waals surface area contributed by atoms with E-state index in [9.17, 15) is 5.11 Å². The molecule has 0 saturated carbocycles. The van der Waals surface area contributed by atoms with Gasteiger partial charge >= 0.3 is 0 Å². The molecule has 0 aliphatic heterocycles. The van der Waals surface area contributed by atoms with Gasteiger partial charge in [-0.2, -0.15) is 0 Å². The summed E-state index contributed by atoms with van der Waals surface area (Å²) in [7, 11) is 2.00. The molecule has 1 N–H and O–H groups in total. The second-order valence-electron chi connectivity index (χ2n) is 4.46. The zero-order valence-corrected chi connectivity index (χ0v) is 11.1. The summed E-state index contributed by atoms with van der Waals surface area (Å²) in [4.78, 5) is 6.29. The van der Waals surface area contributed by atoms with Crippen molar-refractivity contribution in [3.05, 3.63) is 24.0 Å². The van der Waals surface area contributed by atoms with E-state index in [0.717, 1.165) is 12.2 Å². The molecule has 0 fully saturated rings. The molecule has 0 spiro atoms. The summed E-state index contributed by atoms with van der Waals surface area (Å²) < 4.78 is 5.49. The number of rotatable bonds is 6. The molecule has 0 radical (unpaired) electrons. The summed E-state index contributed by atoms with van der Waals surface area (Å²) in [5, 5.41) is 9.36. The Labute approximate surface area is 103 Å². The lowest BCUT2D eigenvalue weighted by Crippen LogP contribution is -2.24. The third-order valence-corrected chi connectivity index (χ3v) is 2.52. The van der Waals surface area contributed by atoms with Crippen LogP contribution in [-0.2, 0) is 4.74 Å². The second-order valence-corrected chi connectivity index (χ2v) is 4.46. The number of hydrogen-bond acceptors (Lipinski definition) is 4. The van der Waals surface area contributed by atoms with E-state index in [1.54, 1.807) is 13.1 Å². The molecular weight excluding hydrogens is 216 g/mol. The fourth-order valence-corrected chi connectivity index (χ4v) is 1.42. The van der Waals surface area contributed by atoms with Gasteiger partial charge in [0.2, 0.25) is 0 Å². The summed E-state index contributed by atoms with van der Waals surface area (Å²) in [5.41, 5.74) is 1.72. The molecule has 4 nitrogen and oxygen atoms in total. The van der Waals surface area contributed by atoms with Crippen LogP contribution in [0.25, 0.3) is 0 Å². The molecule has 1 atom stereocenters. The van der Waals surface area contributed by atoms with E-state index in [4.69, 9.17) is 4.74 Å². The largest absolute Gasteiger partial charge is 0.387 e. The van der Waals surface area contributed by atoms with Gasteiger partial charge in [-0.3, -0.25) is 4.98 Å². The quantitative estimate of drug-likeness (QED) is 0.823. The number of aliphatic hydroxyl groups excluding tert-OH is 1. The highest BCUT2D eigenvalue weighted by molar-refractivity contribution is 5.43. The zero-order valence-electron chi connectivity index (χ0n) is 11.1. The van der Waals surface area contributed by atoms with Crippen LogP contribution in [0.1, 0.15) is 32.6 Å². The van der Waals surface area contributed by atoms with Crippen molar-refractivity contribution >= 4 is 5.69 Å². The molecule has 0 aromatic carbocycles. The number of anilines is 1. The average Bonchev–Trinajstić information content (AvgIpc) is 2.28. The first-order chi connectivity index (χ1) is 8.00. The Kier molecular flexibility index (Phi) is 5.38. The van der Waals surface area contributed by atoms with Crippen LogP contribution in [0.5, 0.6) is 0 Å². The Morgan fingerprint density at radius 3 is 2.53 bits per heavy atom. The number of aliphatic hydroxyl groups is 1. The maximum atomic E-state index is 9.36. The van der Waals surface area contributed by atoms with E-state index in [1.807, 2.05) is 33.0 Å². The van der Waals surface area contributed by atoms with Crippen LogP contribution in [0.3, 0.4) is 0 Å². The first-order valence-electron chi connectivity index (χ1n) is 5.97. The fourth-order valence-electron chi connectivity index (χ4n) is 1.42. The molecule has 0 unspecified atom stereocenters. The van der Waals surface area contributed by atoms with Gasteiger partial charge in [-0.1, -0.05) is 0 Å². The van der Waals surface area contributed by atoms with Gasteiger partial charge in [0.1, 0.15) is 0 Å². The van der Waals surface area contributed by atoms with Crippen molar-refractivity contribution in [2.24, 2.45) is 0 Å². The van der Waals surface area contributed by atoms with Gasteiger partial charge < -0.3 is 14.7 Å². The molecule has 96 valence electrons. The number of hydrogen-bond donors (Lipinski definition) is 1. The lowest BCUT2D eigenvalue weighted by molar-refractivity contribution is 0.0846. The van der Waals surface area contributed by atoms with Crippen molar-refractivity contribution in [1.29, 1.82) is 0 Å². The summed E-state index contributed by atoms with van der Waals surface area (Å²) in [5.74, 6) is 0. The smallest absolute Gasteiger partial charge is 0.0931 e. The number of likely N-dealkylation sites (N-methyl/N-ethyl adjacent to an activating group) is 1. The highest BCUT2D eigenvalue weighted by Crippen LogP contribution is 2.14. The Morgan fingerprint density at radius 2 is 2.06 bits per heavy atom. The van der Waals surface area contributed by atoms with Gasteiger partial charge in [0.15, 0.2) is 0 Å². The van der Waals surface area contributed by atoms with Gasteiger partial charge in [0.25, 0.3) is 0 Å². The van der Waals surface area contributed by atoms with Crippen molar-refractivity contribution in [2.75, 3.05) is 25.1 Å². The standard InChI is InChI=1S/C13H22N2O2/c1-10(2)17-8-7-15(4)12-5-6-13(11(3)16)14-9-12/h5-6,9-11,16H,7-8H2,1-4H3/t11-/m1/s1. The predicted molar refractivity (Wildman–Crippen MR) is 69.2 cm³/mol. The SMILES string of the molecule is CC(C)OCCN(C)c1ccc([C@@H](C)O)nc1. The molecule has 17 heavy (non-hydrogen) atoms. The van der Waals surface area contributed by atoms with E-state index >= 15 is 0 Å². The van der Waals surface area contributed by atoms with Crippen molar-refractivity contribution in [2.45, 2.75) is 33.0 Å². The Hall–Kier alpha value is -1.13. The van der Waals surface area contributed by atoms with Crippen molar-refractivity contribution in [1.82, 2.24) is 4.98 Å². The minimum atomic E-state index is -0.515. The summed E-state index contributed by atoms with van der Waals surface area (Å²) >= 11 is 0. The molecule has 1 heterocycles. The minimum absolute atomic E-state index is 0.263.